The third kappa shape index (κ3) is 5.77. The summed E-state index contributed by atoms with van der Waals surface area (Å²) in [5.74, 6) is 0.791. The van der Waals surface area contributed by atoms with Crippen molar-refractivity contribution >= 4 is 5.91 Å². The van der Waals surface area contributed by atoms with Gasteiger partial charge in [0.15, 0.2) is 5.76 Å². The van der Waals surface area contributed by atoms with Crippen molar-refractivity contribution in [3.05, 3.63) is 71.6 Å². The maximum Gasteiger partial charge on any atom is 0.237 e. The van der Waals surface area contributed by atoms with E-state index in [0.717, 1.165) is 30.8 Å². The van der Waals surface area contributed by atoms with Crippen molar-refractivity contribution in [3.63, 3.8) is 0 Å². The van der Waals surface area contributed by atoms with Crippen LogP contribution >= 0.6 is 0 Å². The number of nitrogens with one attached hydrogen (secondary N) is 1. The Bertz CT molecular complexity index is 899. The van der Waals surface area contributed by atoms with Gasteiger partial charge in [-0.1, -0.05) is 49.3 Å². The van der Waals surface area contributed by atoms with E-state index in [0.29, 0.717) is 18.1 Å². The van der Waals surface area contributed by atoms with Crippen LogP contribution in [-0.4, -0.2) is 26.7 Å². The Morgan fingerprint density at radius 1 is 1.24 bits per heavy atom. The van der Waals surface area contributed by atoms with E-state index in [1.807, 2.05) is 35.0 Å². The fourth-order valence-electron chi connectivity index (χ4n) is 3.33. The third-order valence-corrected chi connectivity index (χ3v) is 5.08. The largest absolute Gasteiger partial charge is 0.359 e. The fraction of sp³-hybridized carbons (Fsp3) is 0.409. The zero-order valence-corrected chi connectivity index (χ0v) is 17.0. The van der Waals surface area contributed by atoms with E-state index in [4.69, 9.17) is 10.3 Å². The Morgan fingerprint density at radius 2 is 2.00 bits per heavy atom. The quantitative estimate of drug-likeness (QED) is 0.550. The minimum atomic E-state index is -0.670. The summed E-state index contributed by atoms with van der Waals surface area (Å²) in [5, 5.41) is 6.94. The summed E-state index contributed by atoms with van der Waals surface area (Å²) in [6.07, 6.45) is 6.09. The highest BCUT2D eigenvalue weighted by Crippen LogP contribution is 2.22. The predicted octanol–water partition coefficient (Wildman–Crippen LogP) is 3.01. The summed E-state index contributed by atoms with van der Waals surface area (Å²) >= 11 is 0. The van der Waals surface area contributed by atoms with Crippen molar-refractivity contribution in [2.75, 3.05) is 0 Å². The average molecular weight is 396 g/mol. The standard InChI is InChI=1S/C22H29N5O2/c1-3-17(4-2)21-11-19(29-26-21)12-24-22(28)20(23)10-18-14-27(15-25-18)13-16-8-6-5-7-9-16/h5-9,11,14-15,17,20H,3-4,10,12-13,23H2,1-2H3,(H,24,28)/t20-/m0/s1. The zero-order valence-electron chi connectivity index (χ0n) is 17.0. The molecule has 0 unspecified atom stereocenters. The Hall–Kier alpha value is -2.93. The van der Waals surface area contributed by atoms with E-state index < -0.39 is 6.04 Å². The second-order valence-electron chi connectivity index (χ2n) is 7.28. The Labute approximate surface area is 171 Å². The maximum absolute atomic E-state index is 12.3. The average Bonchev–Trinajstić information content (AvgIpc) is 3.37. The molecule has 0 radical (unpaired) electrons. The highest BCUT2D eigenvalue weighted by atomic mass is 16.5. The zero-order chi connectivity index (χ0) is 20.6. The van der Waals surface area contributed by atoms with Crippen LogP contribution in [-0.2, 0) is 24.3 Å². The van der Waals surface area contributed by atoms with Crippen LogP contribution in [0.15, 0.2) is 53.4 Å². The highest BCUT2D eigenvalue weighted by Gasteiger charge is 2.17. The van der Waals surface area contributed by atoms with Gasteiger partial charge in [-0.3, -0.25) is 4.79 Å². The summed E-state index contributed by atoms with van der Waals surface area (Å²) in [5.41, 5.74) is 8.99. The number of aromatic nitrogens is 3. The topological polar surface area (TPSA) is 99.0 Å². The third-order valence-electron chi connectivity index (χ3n) is 5.08. The lowest BCUT2D eigenvalue weighted by Gasteiger charge is -2.10. The fourth-order valence-corrected chi connectivity index (χ4v) is 3.33. The normalized spacial score (nSPS) is 12.3. The molecule has 0 aliphatic heterocycles. The van der Waals surface area contributed by atoms with Gasteiger partial charge in [0.05, 0.1) is 30.3 Å². The molecule has 0 aliphatic rings. The van der Waals surface area contributed by atoms with Crippen molar-refractivity contribution in [2.45, 2.75) is 58.2 Å². The van der Waals surface area contributed by atoms with Crippen molar-refractivity contribution in [1.29, 1.82) is 0 Å². The van der Waals surface area contributed by atoms with E-state index in [-0.39, 0.29) is 12.5 Å². The Morgan fingerprint density at radius 3 is 2.72 bits per heavy atom. The molecule has 0 saturated heterocycles. The molecule has 3 rings (SSSR count). The summed E-state index contributed by atoms with van der Waals surface area (Å²) in [7, 11) is 0. The molecular weight excluding hydrogens is 366 g/mol. The molecule has 0 fully saturated rings. The van der Waals surface area contributed by atoms with Gasteiger partial charge in [-0.15, -0.1) is 0 Å². The lowest BCUT2D eigenvalue weighted by molar-refractivity contribution is -0.122. The molecule has 154 valence electrons. The van der Waals surface area contributed by atoms with Gasteiger partial charge in [-0.2, -0.15) is 0 Å². The van der Waals surface area contributed by atoms with Crippen molar-refractivity contribution in [2.24, 2.45) is 5.73 Å². The number of carbonyl (C=O) groups excluding carboxylic acids is 1. The number of nitrogens with two attached hydrogens (primary N) is 1. The summed E-state index contributed by atoms with van der Waals surface area (Å²) in [6.45, 7) is 5.27. The second-order valence-corrected chi connectivity index (χ2v) is 7.28. The first-order valence-corrected chi connectivity index (χ1v) is 10.1. The number of carbonyl (C=O) groups is 1. The molecule has 0 bridgehead atoms. The molecule has 3 aromatic rings. The van der Waals surface area contributed by atoms with Crippen LogP contribution < -0.4 is 11.1 Å². The molecule has 7 nitrogen and oxygen atoms in total. The van der Waals surface area contributed by atoms with E-state index in [1.165, 1.54) is 5.56 Å². The molecule has 3 N–H and O–H groups in total. The van der Waals surface area contributed by atoms with Gasteiger partial charge in [0.25, 0.3) is 0 Å². The molecule has 0 aliphatic carbocycles. The second kappa shape index (κ2) is 10.0. The summed E-state index contributed by atoms with van der Waals surface area (Å²) < 4.78 is 7.33. The minimum absolute atomic E-state index is 0.233. The highest BCUT2D eigenvalue weighted by molar-refractivity contribution is 5.81. The number of imidazole rings is 1. The van der Waals surface area contributed by atoms with Crippen molar-refractivity contribution < 1.29 is 9.32 Å². The molecule has 1 atom stereocenters. The van der Waals surface area contributed by atoms with Crippen molar-refractivity contribution in [3.8, 4) is 0 Å². The predicted molar refractivity (Wildman–Crippen MR) is 111 cm³/mol. The Kier molecular flexibility index (Phi) is 7.19. The van der Waals surface area contributed by atoms with E-state index in [1.54, 1.807) is 6.33 Å². The van der Waals surface area contributed by atoms with Gasteiger partial charge in [-0.25, -0.2) is 4.98 Å². The van der Waals surface area contributed by atoms with Crippen LogP contribution in [0.25, 0.3) is 0 Å². The van der Waals surface area contributed by atoms with Gasteiger partial charge < -0.3 is 20.1 Å². The molecular formula is C22H29N5O2. The van der Waals surface area contributed by atoms with Gasteiger partial charge in [0.1, 0.15) is 0 Å². The molecule has 2 heterocycles. The van der Waals surface area contributed by atoms with Crippen LogP contribution in [0.5, 0.6) is 0 Å². The molecule has 2 aromatic heterocycles. The number of benzene rings is 1. The van der Waals surface area contributed by atoms with Crippen LogP contribution in [0.4, 0.5) is 0 Å². The number of amides is 1. The molecule has 1 amide bonds. The molecule has 7 heteroatoms. The van der Waals surface area contributed by atoms with E-state index in [9.17, 15) is 4.79 Å². The monoisotopic (exact) mass is 395 g/mol. The number of hydrogen-bond donors (Lipinski definition) is 2. The van der Waals surface area contributed by atoms with Crippen molar-refractivity contribution in [1.82, 2.24) is 20.0 Å². The van der Waals surface area contributed by atoms with Crippen LogP contribution in [0, 0.1) is 0 Å². The van der Waals surface area contributed by atoms with E-state index >= 15 is 0 Å². The number of rotatable bonds is 10. The number of nitrogens with zero attached hydrogens (tertiary/aromatic N) is 3. The van der Waals surface area contributed by atoms with Gasteiger partial charge in [0, 0.05) is 31.1 Å². The minimum Gasteiger partial charge on any atom is -0.359 e. The molecule has 0 saturated carbocycles. The molecule has 29 heavy (non-hydrogen) atoms. The van der Waals surface area contributed by atoms with E-state index in [2.05, 4.69) is 41.4 Å². The summed E-state index contributed by atoms with van der Waals surface area (Å²) in [4.78, 5) is 16.7. The SMILES string of the molecule is CCC(CC)c1cc(CNC(=O)[C@@H](N)Cc2cn(Cc3ccccc3)cn2)on1. The number of hydrogen-bond acceptors (Lipinski definition) is 5. The lowest BCUT2D eigenvalue weighted by Crippen LogP contribution is -2.41. The van der Waals surface area contributed by atoms with Crippen LogP contribution in [0.1, 0.15) is 55.3 Å². The van der Waals surface area contributed by atoms with Gasteiger partial charge in [0.2, 0.25) is 5.91 Å². The molecule has 0 spiro atoms. The molecule has 1 aromatic carbocycles. The first-order chi connectivity index (χ1) is 14.1. The van der Waals surface area contributed by atoms with Gasteiger partial charge >= 0.3 is 0 Å². The lowest BCUT2D eigenvalue weighted by atomic mass is 9.99. The Balaban J connectivity index is 1.48. The van der Waals surface area contributed by atoms with Crippen LogP contribution in [0.2, 0.25) is 0 Å². The van der Waals surface area contributed by atoms with Gasteiger partial charge in [-0.05, 0) is 18.4 Å². The smallest absolute Gasteiger partial charge is 0.237 e. The first-order valence-electron chi connectivity index (χ1n) is 10.1. The first kappa shape index (κ1) is 20.8. The summed E-state index contributed by atoms with van der Waals surface area (Å²) in [6, 6.07) is 11.4. The maximum atomic E-state index is 12.3. The van der Waals surface area contributed by atoms with Crippen LogP contribution in [0.3, 0.4) is 0 Å².